The SMILES string of the molecule is O=C(O)N1CC(c2ccccc2)C(c2ccc(C(F)(F)F)cc2)=N1. The lowest BCUT2D eigenvalue weighted by Crippen LogP contribution is -2.23. The lowest BCUT2D eigenvalue weighted by molar-refractivity contribution is -0.137. The minimum atomic E-state index is -4.41. The number of benzene rings is 2. The van der Waals surface area contributed by atoms with E-state index in [1.165, 1.54) is 12.1 Å². The first kappa shape index (κ1) is 16.0. The Morgan fingerprint density at radius 1 is 1.08 bits per heavy atom. The summed E-state index contributed by atoms with van der Waals surface area (Å²) in [7, 11) is 0. The fourth-order valence-corrected chi connectivity index (χ4v) is 2.66. The summed E-state index contributed by atoms with van der Waals surface area (Å²) in [5.74, 6) is -0.320. The van der Waals surface area contributed by atoms with Gasteiger partial charge in [-0.15, -0.1) is 0 Å². The van der Waals surface area contributed by atoms with Crippen molar-refractivity contribution >= 4 is 11.8 Å². The zero-order valence-electron chi connectivity index (χ0n) is 12.4. The van der Waals surface area contributed by atoms with Gasteiger partial charge in [0.2, 0.25) is 0 Å². The highest BCUT2D eigenvalue weighted by molar-refractivity contribution is 6.07. The number of halogens is 3. The second-order valence-electron chi connectivity index (χ2n) is 5.39. The highest BCUT2D eigenvalue weighted by Gasteiger charge is 2.33. The first-order valence-electron chi connectivity index (χ1n) is 7.18. The van der Waals surface area contributed by atoms with E-state index in [-0.39, 0.29) is 12.5 Å². The van der Waals surface area contributed by atoms with Crippen molar-refractivity contribution in [2.24, 2.45) is 5.10 Å². The largest absolute Gasteiger partial charge is 0.464 e. The molecule has 0 spiro atoms. The van der Waals surface area contributed by atoms with Crippen LogP contribution in [0.2, 0.25) is 0 Å². The van der Waals surface area contributed by atoms with Crippen molar-refractivity contribution in [1.29, 1.82) is 0 Å². The highest BCUT2D eigenvalue weighted by atomic mass is 19.4. The smallest absolute Gasteiger partial charge is 0.427 e. The van der Waals surface area contributed by atoms with Crippen LogP contribution < -0.4 is 0 Å². The number of nitrogens with zero attached hydrogens (tertiary/aromatic N) is 2. The molecule has 7 heteroatoms. The minimum Gasteiger partial charge on any atom is -0.464 e. The van der Waals surface area contributed by atoms with E-state index in [0.29, 0.717) is 11.3 Å². The van der Waals surface area contributed by atoms with Crippen LogP contribution >= 0.6 is 0 Å². The maximum absolute atomic E-state index is 12.7. The molecule has 0 fully saturated rings. The minimum absolute atomic E-state index is 0.135. The van der Waals surface area contributed by atoms with Gasteiger partial charge in [-0.2, -0.15) is 23.3 Å². The summed E-state index contributed by atoms with van der Waals surface area (Å²) in [5, 5.41) is 14.1. The predicted molar refractivity (Wildman–Crippen MR) is 81.9 cm³/mol. The Labute approximate surface area is 135 Å². The van der Waals surface area contributed by atoms with Gasteiger partial charge in [-0.25, -0.2) is 4.79 Å². The third kappa shape index (κ3) is 3.10. The first-order valence-corrected chi connectivity index (χ1v) is 7.18. The topological polar surface area (TPSA) is 52.9 Å². The zero-order valence-corrected chi connectivity index (χ0v) is 12.4. The van der Waals surface area contributed by atoms with Crippen LogP contribution in [-0.2, 0) is 6.18 Å². The van der Waals surface area contributed by atoms with Crippen LogP contribution in [0.4, 0.5) is 18.0 Å². The zero-order chi connectivity index (χ0) is 17.3. The maximum atomic E-state index is 12.7. The number of hydrazone groups is 1. The van der Waals surface area contributed by atoms with Crippen LogP contribution in [0.25, 0.3) is 0 Å². The lowest BCUT2D eigenvalue weighted by atomic mass is 9.90. The van der Waals surface area contributed by atoms with E-state index in [9.17, 15) is 18.0 Å². The Morgan fingerprint density at radius 3 is 2.25 bits per heavy atom. The molecule has 0 bridgehead atoms. The predicted octanol–water partition coefficient (Wildman–Crippen LogP) is 4.19. The summed E-state index contributed by atoms with van der Waals surface area (Å²) in [5.41, 5.74) is 1.02. The molecule has 1 heterocycles. The molecule has 0 saturated heterocycles. The van der Waals surface area contributed by atoms with Gasteiger partial charge in [0, 0.05) is 5.92 Å². The van der Waals surface area contributed by atoms with Gasteiger partial charge in [-0.3, -0.25) is 0 Å². The quantitative estimate of drug-likeness (QED) is 0.895. The van der Waals surface area contributed by atoms with Crippen LogP contribution in [0.3, 0.4) is 0 Å². The van der Waals surface area contributed by atoms with Crippen molar-refractivity contribution < 1.29 is 23.1 Å². The molecule has 0 radical (unpaired) electrons. The van der Waals surface area contributed by atoms with Crippen molar-refractivity contribution in [1.82, 2.24) is 5.01 Å². The molecule has 24 heavy (non-hydrogen) atoms. The molecule has 1 aliphatic heterocycles. The van der Waals surface area contributed by atoms with Gasteiger partial charge in [-0.05, 0) is 23.3 Å². The van der Waals surface area contributed by atoms with Crippen LogP contribution in [-0.4, -0.2) is 28.5 Å². The van der Waals surface area contributed by atoms with Gasteiger partial charge >= 0.3 is 12.3 Å². The van der Waals surface area contributed by atoms with Crippen molar-refractivity contribution in [3.63, 3.8) is 0 Å². The van der Waals surface area contributed by atoms with Crippen LogP contribution in [0.1, 0.15) is 22.6 Å². The maximum Gasteiger partial charge on any atom is 0.427 e. The van der Waals surface area contributed by atoms with E-state index >= 15 is 0 Å². The molecule has 124 valence electrons. The summed E-state index contributed by atoms with van der Waals surface area (Å²) in [6.45, 7) is 0.135. The molecule has 1 unspecified atom stereocenters. The van der Waals surface area contributed by atoms with E-state index < -0.39 is 17.8 Å². The van der Waals surface area contributed by atoms with Gasteiger partial charge in [0.05, 0.1) is 17.8 Å². The van der Waals surface area contributed by atoms with E-state index in [1.807, 2.05) is 30.3 Å². The van der Waals surface area contributed by atoms with Crippen LogP contribution in [0, 0.1) is 0 Å². The molecular formula is C17H13F3N2O2. The Morgan fingerprint density at radius 2 is 1.71 bits per heavy atom. The molecule has 2 aromatic carbocycles. The summed E-state index contributed by atoms with van der Waals surface area (Å²) in [6, 6.07) is 13.8. The fourth-order valence-electron chi connectivity index (χ4n) is 2.66. The van der Waals surface area contributed by atoms with Gasteiger partial charge in [0.1, 0.15) is 0 Å². The third-order valence-corrected chi connectivity index (χ3v) is 3.84. The van der Waals surface area contributed by atoms with Gasteiger partial charge in [-0.1, -0.05) is 42.5 Å². The number of hydrogen-bond donors (Lipinski definition) is 1. The second-order valence-corrected chi connectivity index (χ2v) is 5.39. The number of hydrogen-bond acceptors (Lipinski definition) is 2. The van der Waals surface area contributed by atoms with Crippen molar-refractivity contribution in [3.8, 4) is 0 Å². The molecule has 0 aromatic heterocycles. The number of alkyl halides is 3. The average Bonchev–Trinajstić information content (AvgIpc) is 3.00. The number of carboxylic acid groups (broad SMARTS) is 1. The van der Waals surface area contributed by atoms with Crippen molar-refractivity contribution in [2.45, 2.75) is 12.1 Å². The summed E-state index contributed by atoms with van der Waals surface area (Å²) in [6.07, 6.45) is -5.61. The molecule has 3 rings (SSSR count). The lowest BCUT2D eigenvalue weighted by Gasteiger charge is -2.14. The molecular weight excluding hydrogens is 321 g/mol. The van der Waals surface area contributed by atoms with Crippen LogP contribution in [0.15, 0.2) is 59.7 Å². The molecule has 1 aliphatic rings. The monoisotopic (exact) mass is 334 g/mol. The molecule has 1 atom stereocenters. The number of amides is 1. The highest BCUT2D eigenvalue weighted by Crippen LogP contribution is 2.32. The Bertz CT molecular complexity index is 771. The van der Waals surface area contributed by atoms with Gasteiger partial charge < -0.3 is 5.11 Å². The second kappa shape index (κ2) is 5.99. The molecule has 1 N–H and O–H groups in total. The van der Waals surface area contributed by atoms with E-state index in [1.54, 1.807) is 0 Å². The molecule has 0 aliphatic carbocycles. The molecule has 2 aromatic rings. The van der Waals surface area contributed by atoms with Gasteiger partial charge in [0.15, 0.2) is 0 Å². The van der Waals surface area contributed by atoms with E-state index in [2.05, 4.69) is 5.10 Å². The summed E-state index contributed by atoms with van der Waals surface area (Å²) < 4.78 is 38.1. The third-order valence-electron chi connectivity index (χ3n) is 3.84. The first-order chi connectivity index (χ1) is 11.4. The molecule has 1 amide bonds. The summed E-state index contributed by atoms with van der Waals surface area (Å²) in [4.78, 5) is 11.2. The number of carbonyl (C=O) groups is 1. The van der Waals surface area contributed by atoms with Crippen LogP contribution in [0.5, 0.6) is 0 Å². The Kier molecular flexibility index (Phi) is 4.01. The molecule has 4 nitrogen and oxygen atoms in total. The standard InChI is InChI=1S/C17H13F3N2O2/c18-17(19,20)13-8-6-12(7-9-13)15-14(10-22(21-15)16(23)24)11-4-2-1-3-5-11/h1-9,14H,10H2,(H,23,24). The van der Waals surface area contributed by atoms with E-state index in [0.717, 1.165) is 22.7 Å². The van der Waals surface area contributed by atoms with Crippen molar-refractivity contribution in [2.75, 3.05) is 6.54 Å². The Balaban J connectivity index is 1.98. The normalized spacial score (nSPS) is 17.7. The molecule has 0 saturated carbocycles. The fraction of sp³-hybridized carbons (Fsp3) is 0.176. The van der Waals surface area contributed by atoms with Gasteiger partial charge in [0.25, 0.3) is 0 Å². The van der Waals surface area contributed by atoms with Crippen molar-refractivity contribution in [3.05, 3.63) is 71.3 Å². The number of rotatable bonds is 2. The summed E-state index contributed by atoms with van der Waals surface area (Å²) >= 11 is 0. The average molecular weight is 334 g/mol. The van der Waals surface area contributed by atoms with E-state index in [4.69, 9.17) is 5.11 Å². The Hall–Kier alpha value is -2.83.